The molecule has 14 rings (SSSR count). The molecule has 10 aliphatic carbocycles. The molecule has 0 atom stereocenters. The summed E-state index contributed by atoms with van der Waals surface area (Å²) in [4.78, 5) is 2.95. The second-order valence-electron chi connectivity index (χ2n) is 19.9. The van der Waals surface area contributed by atoms with E-state index in [9.17, 15) is 0 Å². The lowest BCUT2D eigenvalue weighted by molar-refractivity contribution is 0.0195. The monoisotopic (exact) mass is 679 g/mol. The van der Waals surface area contributed by atoms with Crippen molar-refractivity contribution in [3.8, 4) is 11.1 Å². The van der Waals surface area contributed by atoms with E-state index in [0.29, 0.717) is 10.3 Å². The zero-order valence-corrected chi connectivity index (χ0v) is 31.4. The van der Waals surface area contributed by atoms with Crippen LogP contribution in [0.15, 0.2) is 48.5 Å². The first-order valence-electron chi connectivity index (χ1n) is 21.5. The van der Waals surface area contributed by atoms with Crippen molar-refractivity contribution < 1.29 is 0 Å². The summed E-state index contributed by atoms with van der Waals surface area (Å²) in [5.74, 6) is 6.18. The minimum Gasteiger partial charge on any atom is -0.362 e. The van der Waals surface area contributed by atoms with Crippen molar-refractivity contribution in [2.45, 2.75) is 152 Å². The number of benzene rings is 3. The quantitative estimate of drug-likeness (QED) is 0.248. The standard InChI is InChI=1S/C48H58NP/c1-3-9-41-37(7-1)13-15-39-29-49(30-40-16-14-38-8-2-4-10-42(38)46(40)45(39)41)43-11-5-6-12-44(43)50(47-23-31-17-32(24-47)19-33(18-31)25-47)48-26-34-20-35(27-48)22-36(21-34)28-48/h5-6,11-16,31-36H,1-4,7-10,17-30H2. The number of anilines is 1. The SMILES string of the molecule is c1ccc(P(C23CC4CC(CC(C4)C2)C3)C23CC4CC(CC(C4)C2)C3)c(N2Cc3ccc4c(c3-c3c(ccc5c3CCCC5)C2)CCCC4)c1. The highest BCUT2D eigenvalue weighted by Crippen LogP contribution is 2.78. The van der Waals surface area contributed by atoms with Gasteiger partial charge < -0.3 is 4.90 Å². The molecule has 1 aliphatic heterocycles. The summed E-state index contributed by atoms with van der Waals surface area (Å²) in [6, 6.07) is 20.6. The zero-order chi connectivity index (χ0) is 32.6. The summed E-state index contributed by atoms with van der Waals surface area (Å²) in [6.45, 7) is 2.15. The summed E-state index contributed by atoms with van der Waals surface area (Å²) in [5, 5.41) is 3.07. The van der Waals surface area contributed by atoms with Gasteiger partial charge in [-0.2, -0.15) is 0 Å². The summed E-state index contributed by atoms with van der Waals surface area (Å²) in [6.07, 6.45) is 29.4. The van der Waals surface area contributed by atoms with Crippen LogP contribution >= 0.6 is 7.92 Å². The highest BCUT2D eigenvalue weighted by atomic mass is 31.1. The molecule has 8 bridgehead atoms. The molecule has 0 radical (unpaired) electrons. The Morgan fingerprint density at radius 1 is 0.460 bits per heavy atom. The third kappa shape index (κ3) is 4.53. The van der Waals surface area contributed by atoms with Crippen molar-refractivity contribution >= 4 is 18.9 Å². The van der Waals surface area contributed by atoms with Crippen molar-refractivity contribution in [2.75, 3.05) is 4.90 Å². The third-order valence-electron chi connectivity index (χ3n) is 16.6. The van der Waals surface area contributed by atoms with Gasteiger partial charge in [0.05, 0.1) is 0 Å². The molecule has 0 N–H and O–H groups in total. The van der Waals surface area contributed by atoms with Crippen LogP contribution in [0.25, 0.3) is 11.1 Å². The van der Waals surface area contributed by atoms with E-state index in [1.54, 1.807) is 127 Å². The average Bonchev–Trinajstić information content (AvgIpc) is 3.28. The van der Waals surface area contributed by atoms with Gasteiger partial charge in [-0.25, -0.2) is 0 Å². The maximum atomic E-state index is 2.95. The molecule has 1 nitrogen and oxygen atoms in total. The lowest BCUT2D eigenvalue weighted by atomic mass is 9.55. The molecule has 260 valence electrons. The largest absolute Gasteiger partial charge is 0.362 e. The minimum absolute atomic E-state index is 0.250. The van der Waals surface area contributed by atoms with E-state index in [-0.39, 0.29) is 7.92 Å². The Bertz CT molecular complexity index is 1680. The van der Waals surface area contributed by atoms with Crippen molar-refractivity contribution in [1.29, 1.82) is 0 Å². The van der Waals surface area contributed by atoms with E-state index in [2.05, 4.69) is 53.4 Å². The average molecular weight is 680 g/mol. The Hall–Kier alpha value is -2.11. The smallest absolute Gasteiger partial charge is 0.0450 e. The Balaban J connectivity index is 1.04. The highest BCUT2D eigenvalue weighted by Gasteiger charge is 2.63. The molecule has 0 saturated heterocycles. The zero-order valence-electron chi connectivity index (χ0n) is 30.5. The van der Waals surface area contributed by atoms with E-state index in [0.717, 1.165) is 48.6 Å². The molecule has 50 heavy (non-hydrogen) atoms. The van der Waals surface area contributed by atoms with Gasteiger partial charge in [-0.05, 0) is 225 Å². The van der Waals surface area contributed by atoms with Crippen LogP contribution < -0.4 is 10.2 Å². The molecule has 8 fully saturated rings. The van der Waals surface area contributed by atoms with Crippen LogP contribution in [0.3, 0.4) is 0 Å². The molecule has 0 spiro atoms. The first kappa shape index (κ1) is 30.4. The lowest BCUT2D eigenvalue weighted by Gasteiger charge is -2.67. The van der Waals surface area contributed by atoms with E-state index in [1.165, 1.54) is 51.4 Å². The van der Waals surface area contributed by atoms with Crippen molar-refractivity contribution in [3.63, 3.8) is 0 Å². The summed E-state index contributed by atoms with van der Waals surface area (Å²) in [5.41, 5.74) is 15.1. The minimum atomic E-state index is -0.250. The molecular formula is C48H58NP. The number of rotatable bonds is 4. The number of hydrogen-bond acceptors (Lipinski definition) is 1. The van der Waals surface area contributed by atoms with Crippen molar-refractivity contribution in [1.82, 2.24) is 0 Å². The number of fused-ring (bicyclic) bond motifs is 7. The van der Waals surface area contributed by atoms with Crippen LogP contribution in [0.4, 0.5) is 5.69 Å². The first-order chi connectivity index (χ1) is 24.6. The lowest BCUT2D eigenvalue weighted by Crippen LogP contribution is -2.58. The fourth-order valence-corrected chi connectivity index (χ4v) is 21.2. The Labute approximate surface area is 303 Å². The number of aryl methyl sites for hydroxylation is 2. The van der Waals surface area contributed by atoms with E-state index in [4.69, 9.17) is 0 Å². The van der Waals surface area contributed by atoms with E-state index < -0.39 is 0 Å². The Morgan fingerprint density at radius 3 is 1.32 bits per heavy atom. The molecule has 1 heterocycles. The van der Waals surface area contributed by atoms with Gasteiger partial charge in [-0.3, -0.25) is 0 Å². The molecular weight excluding hydrogens is 622 g/mol. The summed E-state index contributed by atoms with van der Waals surface area (Å²) < 4.78 is 0. The first-order valence-corrected chi connectivity index (χ1v) is 22.9. The second-order valence-corrected chi connectivity index (χ2v) is 22.9. The number of nitrogens with zero attached hydrogens (tertiary/aromatic N) is 1. The molecule has 2 heteroatoms. The highest BCUT2D eigenvalue weighted by molar-refractivity contribution is 7.69. The summed E-state index contributed by atoms with van der Waals surface area (Å²) >= 11 is 0. The van der Waals surface area contributed by atoms with Crippen LogP contribution in [-0.4, -0.2) is 10.3 Å². The molecule has 8 saturated carbocycles. The normalized spacial score (nSPS) is 37.9. The van der Waals surface area contributed by atoms with Gasteiger partial charge in [0.15, 0.2) is 0 Å². The maximum absolute atomic E-state index is 2.95. The van der Waals surface area contributed by atoms with Crippen LogP contribution in [0.5, 0.6) is 0 Å². The van der Waals surface area contributed by atoms with Gasteiger partial charge in [-0.15, -0.1) is 0 Å². The van der Waals surface area contributed by atoms with Crippen molar-refractivity contribution in [2.24, 2.45) is 35.5 Å². The van der Waals surface area contributed by atoms with Gasteiger partial charge in [0.25, 0.3) is 0 Å². The predicted octanol–water partition coefficient (Wildman–Crippen LogP) is 11.7. The van der Waals surface area contributed by atoms with E-state index >= 15 is 0 Å². The molecule has 11 aliphatic rings. The molecule has 0 amide bonds. The van der Waals surface area contributed by atoms with Gasteiger partial charge >= 0.3 is 0 Å². The van der Waals surface area contributed by atoms with Gasteiger partial charge in [0, 0.05) is 24.1 Å². The van der Waals surface area contributed by atoms with E-state index in [1.807, 2.05) is 5.30 Å². The topological polar surface area (TPSA) is 3.24 Å². The third-order valence-corrected chi connectivity index (χ3v) is 20.5. The van der Waals surface area contributed by atoms with Gasteiger partial charge in [0.2, 0.25) is 0 Å². The molecule has 3 aromatic carbocycles. The molecule has 0 unspecified atom stereocenters. The van der Waals surface area contributed by atoms with Crippen LogP contribution in [-0.2, 0) is 38.8 Å². The molecule has 3 aromatic rings. The van der Waals surface area contributed by atoms with Crippen LogP contribution in [0, 0.1) is 35.5 Å². The maximum Gasteiger partial charge on any atom is 0.0450 e. The van der Waals surface area contributed by atoms with Crippen molar-refractivity contribution in [3.05, 3.63) is 81.9 Å². The predicted molar refractivity (Wildman–Crippen MR) is 210 cm³/mol. The van der Waals surface area contributed by atoms with Gasteiger partial charge in [0.1, 0.15) is 0 Å². The summed E-state index contributed by atoms with van der Waals surface area (Å²) in [7, 11) is -0.250. The number of hydrogen-bond donors (Lipinski definition) is 0. The molecule has 0 aromatic heterocycles. The Morgan fingerprint density at radius 2 is 0.860 bits per heavy atom. The van der Waals surface area contributed by atoms with Gasteiger partial charge in [-0.1, -0.05) is 50.4 Å². The number of para-hydroxylation sites is 1. The fraction of sp³-hybridized carbons (Fsp3) is 0.625. The Kier molecular flexibility index (Phi) is 6.80. The van der Waals surface area contributed by atoms with Crippen LogP contribution in [0.2, 0.25) is 0 Å². The van der Waals surface area contributed by atoms with Crippen LogP contribution in [0.1, 0.15) is 136 Å². The fourth-order valence-electron chi connectivity index (χ4n) is 15.9. The second kappa shape index (κ2) is 11.2.